The molecule has 0 bridgehead atoms. The van der Waals surface area contributed by atoms with Crippen molar-refractivity contribution in [2.24, 2.45) is 0 Å². The third-order valence-corrected chi connectivity index (χ3v) is 2.96. The Morgan fingerprint density at radius 2 is 2.15 bits per heavy atom. The van der Waals surface area contributed by atoms with Gasteiger partial charge in [-0.2, -0.15) is 0 Å². The summed E-state index contributed by atoms with van der Waals surface area (Å²) >= 11 is 0. The molecule has 6 heteroatoms. The summed E-state index contributed by atoms with van der Waals surface area (Å²) in [5.41, 5.74) is 7.75. The van der Waals surface area contributed by atoms with Crippen molar-refractivity contribution in [1.29, 1.82) is 0 Å². The van der Waals surface area contributed by atoms with Crippen LogP contribution >= 0.6 is 0 Å². The predicted molar refractivity (Wildman–Crippen MR) is 78.5 cm³/mol. The highest BCUT2D eigenvalue weighted by atomic mass is 16.6. The maximum atomic E-state index is 10.9. The second kappa shape index (κ2) is 6.01. The molecule has 20 heavy (non-hydrogen) atoms. The highest BCUT2D eigenvalue weighted by Gasteiger charge is 2.13. The number of pyridine rings is 1. The number of hydrogen-bond donors (Lipinski definition) is 1. The van der Waals surface area contributed by atoms with E-state index < -0.39 is 4.92 Å². The third kappa shape index (κ3) is 3.23. The van der Waals surface area contributed by atoms with Gasteiger partial charge in [0.25, 0.3) is 5.69 Å². The SMILES string of the molecule is CCN(Cc1ccccn1)c1cc(N)cc([N+](=O)[O-])c1. The van der Waals surface area contributed by atoms with E-state index in [-0.39, 0.29) is 5.69 Å². The second-order valence-corrected chi connectivity index (χ2v) is 4.38. The van der Waals surface area contributed by atoms with Gasteiger partial charge in [-0.15, -0.1) is 0 Å². The lowest BCUT2D eigenvalue weighted by Crippen LogP contribution is -2.22. The van der Waals surface area contributed by atoms with Crippen LogP contribution in [0.2, 0.25) is 0 Å². The first-order valence-electron chi connectivity index (χ1n) is 6.30. The molecule has 0 amide bonds. The Balaban J connectivity index is 2.29. The molecule has 1 aromatic carbocycles. The molecule has 0 radical (unpaired) electrons. The molecule has 0 aliphatic heterocycles. The smallest absolute Gasteiger partial charge is 0.273 e. The molecule has 6 nitrogen and oxygen atoms in total. The molecule has 0 unspecified atom stereocenters. The summed E-state index contributed by atoms with van der Waals surface area (Å²) in [6.07, 6.45) is 1.73. The number of nitro benzene ring substituents is 1. The van der Waals surface area contributed by atoms with Crippen LogP contribution in [0.15, 0.2) is 42.6 Å². The molecule has 0 saturated carbocycles. The molecule has 2 rings (SSSR count). The minimum atomic E-state index is -0.436. The lowest BCUT2D eigenvalue weighted by Gasteiger charge is -2.22. The van der Waals surface area contributed by atoms with E-state index in [1.165, 1.54) is 12.1 Å². The van der Waals surface area contributed by atoms with Crippen LogP contribution in [0.4, 0.5) is 17.1 Å². The van der Waals surface area contributed by atoms with Gasteiger partial charge in [0.05, 0.1) is 17.2 Å². The molecule has 0 aliphatic carbocycles. The predicted octanol–water partition coefficient (Wildman–Crippen LogP) is 2.60. The molecule has 2 aromatic rings. The Kier molecular flexibility index (Phi) is 4.14. The number of nitro groups is 1. The summed E-state index contributed by atoms with van der Waals surface area (Å²) in [5.74, 6) is 0. The number of rotatable bonds is 5. The monoisotopic (exact) mass is 272 g/mol. The molecule has 0 saturated heterocycles. The highest BCUT2D eigenvalue weighted by Crippen LogP contribution is 2.26. The molecular formula is C14H16N4O2. The minimum absolute atomic E-state index is 0.000490. The highest BCUT2D eigenvalue weighted by molar-refractivity contribution is 5.62. The number of non-ortho nitro benzene ring substituents is 1. The van der Waals surface area contributed by atoms with E-state index in [9.17, 15) is 10.1 Å². The Morgan fingerprint density at radius 3 is 2.75 bits per heavy atom. The number of anilines is 2. The molecule has 0 atom stereocenters. The molecule has 0 spiro atoms. The molecule has 1 aromatic heterocycles. The maximum Gasteiger partial charge on any atom is 0.273 e. The lowest BCUT2D eigenvalue weighted by molar-refractivity contribution is -0.384. The molecule has 1 heterocycles. The molecule has 0 fully saturated rings. The summed E-state index contributed by atoms with van der Waals surface area (Å²) in [4.78, 5) is 16.7. The van der Waals surface area contributed by atoms with E-state index in [4.69, 9.17) is 5.73 Å². The van der Waals surface area contributed by atoms with Crippen LogP contribution in [0.3, 0.4) is 0 Å². The summed E-state index contributed by atoms with van der Waals surface area (Å²) < 4.78 is 0. The number of nitrogens with two attached hydrogens (primary N) is 1. The van der Waals surface area contributed by atoms with Crippen molar-refractivity contribution in [3.8, 4) is 0 Å². The van der Waals surface area contributed by atoms with Crippen LogP contribution < -0.4 is 10.6 Å². The normalized spacial score (nSPS) is 10.2. The zero-order valence-electron chi connectivity index (χ0n) is 11.2. The van der Waals surface area contributed by atoms with Crippen molar-refractivity contribution in [1.82, 2.24) is 4.98 Å². The fourth-order valence-electron chi connectivity index (χ4n) is 1.98. The summed E-state index contributed by atoms with van der Waals surface area (Å²) in [6, 6.07) is 10.3. The van der Waals surface area contributed by atoms with E-state index in [2.05, 4.69) is 4.98 Å². The van der Waals surface area contributed by atoms with Gasteiger partial charge in [0.15, 0.2) is 0 Å². The number of aromatic nitrogens is 1. The van der Waals surface area contributed by atoms with Gasteiger partial charge < -0.3 is 10.6 Å². The van der Waals surface area contributed by atoms with Crippen LogP contribution in [-0.2, 0) is 6.54 Å². The topological polar surface area (TPSA) is 85.3 Å². The standard InChI is InChI=1S/C14H16N4O2/c1-2-17(10-12-5-3-4-6-16-12)13-7-11(15)8-14(9-13)18(19)20/h3-9H,2,10,15H2,1H3. The zero-order valence-corrected chi connectivity index (χ0v) is 11.2. The Morgan fingerprint density at radius 1 is 1.35 bits per heavy atom. The zero-order chi connectivity index (χ0) is 14.5. The van der Waals surface area contributed by atoms with Crippen LogP contribution in [0.5, 0.6) is 0 Å². The fourth-order valence-corrected chi connectivity index (χ4v) is 1.98. The van der Waals surface area contributed by atoms with Gasteiger partial charge >= 0.3 is 0 Å². The van der Waals surface area contributed by atoms with Gasteiger partial charge in [-0.1, -0.05) is 6.07 Å². The Hall–Kier alpha value is -2.63. The van der Waals surface area contributed by atoms with E-state index in [0.29, 0.717) is 18.8 Å². The number of nitrogens with zero attached hydrogens (tertiary/aromatic N) is 3. The minimum Gasteiger partial charge on any atom is -0.398 e. The lowest BCUT2D eigenvalue weighted by atomic mass is 10.2. The Labute approximate surface area is 117 Å². The molecule has 104 valence electrons. The van der Waals surface area contributed by atoms with Gasteiger partial charge in [0.2, 0.25) is 0 Å². The van der Waals surface area contributed by atoms with Crippen molar-refractivity contribution in [3.63, 3.8) is 0 Å². The van der Waals surface area contributed by atoms with E-state index in [1.54, 1.807) is 12.3 Å². The van der Waals surface area contributed by atoms with Crippen molar-refractivity contribution in [2.45, 2.75) is 13.5 Å². The second-order valence-electron chi connectivity index (χ2n) is 4.38. The molecule has 0 aliphatic rings. The fraction of sp³-hybridized carbons (Fsp3) is 0.214. The summed E-state index contributed by atoms with van der Waals surface area (Å²) in [7, 11) is 0. The van der Waals surface area contributed by atoms with Crippen molar-refractivity contribution in [2.75, 3.05) is 17.2 Å². The van der Waals surface area contributed by atoms with Crippen LogP contribution in [-0.4, -0.2) is 16.5 Å². The Bertz CT molecular complexity index is 601. The van der Waals surface area contributed by atoms with E-state index in [1.807, 2.05) is 30.0 Å². The van der Waals surface area contributed by atoms with Crippen molar-refractivity contribution < 1.29 is 4.92 Å². The van der Waals surface area contributed by atoms with Gasteiger partial charge in [-0.3, -0.25) is 15.1 Å². The molecular weight excluding hydrogens is 256 g/mol. The first-order valence-corrected chi connectivity index (χ1v) is 6.30. The van der Waals surface area contributed by atoms with Gasteiger partial charge in [0, 0.05) is 36.2 Å². The van der Waals surface area contributed by atoms with E-state index >= 15 is 0 Å². The first-order chi connectivity index (χ1) is 9.60. The van der Waals surface area contributed by atoms with Gasteiger partial charge in [-0.25, -0.2) is 0 Å². The van der Waals surface area contributed by atoms with Crippen LogP contribution in [0, 0.1) is 10.1 Å². The largest absolute Gasteiger partial charge is 0.398 e. The van der Waals surface area contributed by atoms with Gasteiger partial charge in [0.1, 0.15) is 0 Å². The van der Waals surface area contributed by atoms with Crippen LogP contribution in [0.25, 0.3) is 0 Å². The average molecular weight is 272 g/mol. The third-order valence-electron chi connectivity index (χ3n) is 2.96. The summed E-state index contributed by atoms with van der Waals surface area (Å²) in [6.45, 7) is 3.27. The first kappa shape index (κ1) is 13.8. The maximum absolute atomic E-state index is 10.9. The van der Waals surface area contributed by atoms with Crippen molar-refractivity contribution >= 4 is 17.1 Å². The van der Waals surface area contributed by atoms with Crippen molar-refractivity contribution in [3.05, 3.63) is 58.4 Å². The number of benzene rings is 1. The number of hydrogen-bond acceptors (Lipinski definition) is 5. The van der Waals surface area contributed by atoms with E-state index in [0.717, 1.165) is 11.4 Å². The summed E-state index contributed by atoms with van der Waals surface area (Å²) in [5, 5.41) is 10.9. The average Bonchev–Trinajstić information content (AvgIpc) is 2.45. The van der Waals surface area contributed by atoms with Gasteiger partial charge in [-0.05, 0) is 25.1 Å². The quantitative estimate of drug-likeness (QED) is 0.513. The number of nitrogen functional groups attached to an aromatic ring is 1. The van der Waals surface area contributed by atoms with Crippen LogP contribution in [0.1, 0.15) is 12.6 Å². The molecule has 2 N–H and O–H groups in total.